The number of carbonyl (C=O) groups excluding carboxylic acids is 1. The van der Waals surface area contributed by atoms with Crippen molar-refractivity contribution in [2.75, 3.05) is 19.0 Å². The fourth-order valence-electron chi connectivity index (χ4n) is 1.74. The SMILES string of the molecule is CCCC(C)NC(=O)c1cccc(N(C)C)c1. The number of hydrogen-bond donors (Lipinski definition) is 1. The molecule has 1 atom stereocenters. The molecular weight excluding hydrogens is 212 g/mol. The fourth-order valence-corrected chi connectivity index (χ4v) is 1.74. The van der Waals surface area contributed by atoms with Crippen LogP contribution in [0.2, 0.25) is 0 Å². The van der Waals surface area contributed by atoms with Gasteiger partial charge in [0.25, 0.3) is 5.91 Å². The molecule has 3 heteroatoms. The molecule has 0 aliphatic carbocycles. The molecule has 0 radical (unpaired) electrons. The van der Waals surface area contributed by atoms with Gasteiger partial charge in [-0.05, 0) is 31.5 Å². The Balaban J connectivity index is 2.72. The summed E-state index contributed by atoms with van der Waals surface area (Å²) in [5.74, 6) is 0.00894. The summed E-state index contributed by atoms with van der Waals surface area (Å²) in [7, 11) is 3.94. The van der Waals surface area contributed by atoms with Crippen LogP contribution < -0.4 is 10.2 Å². The minimum Gasteiger partial charge on any atom is -0.378 e. The van der Waals surface area contributed by atoms with Gasteiger partial charge in [0.15, 0.2) is 0 Å². The van der Waals surface area contributed by atoms with Crippen molar-refractivity contribution in [2.24, 2.45) is 0 Å². The van der Waals surface area contributed by atoms with Gasteiger partial charge in [-0.1, -0.05) is 19.4 Å². The van der Waals surface area contributed by atoms with Gasteiger partial charge in [-0.15, -0.1) is 0 Å². The Hall–Kier alpha value is -1.51. The smallest absolute Gasteiger partial charge is 0.251 e. The van der Waals surface area contributed by atoms with Crippen LogP contribution in [0, 0.1) is 0 Å². The lowest BCUT2D eigenvalue weighted by Crippen LogP contribution is -2.32. The number of nitrogens with one attached hydrogen (secondary N) is 1. The van der Waals surface area contributed by atoms with Gasteiger partial charge in [-0.25, -0.2) is 0 Å². The molecule has 94 valence electrons. The first kappa shape index (κ1) is 13.6. The number of rotatable bonds is 5. The van der Waals surface area contributed by atoms with E-state index >= 15 is 0 Å². The Labute approximate surface area is 104 Å². The molecule has 0 heterocycles. The van der Waals surface area contributed by atoms with Crippen LogP contribution in [0.3, 0.4) is 0 Å². The lowest BCUT2D eigenvalue weighted by Gasteiger charge is -2.15. The Morgan fingerprint density at radius 2 is 2.12 bits per heavy atom. The standard InChI is InChI=1S/C14H22N2O/c1-5-7-11(2)15-14(17)12-8-6-9-13(10-12)16(3)4/h6,8-11H,5,7H2,1-4H3,(H,15,17). The van der Waals surface area contributed by atoms with E-state index in [1.54, 1.807) is 0 Å². The summed E-state index contributed by atoms with van der Waals surface area (Å²) in [6.45, 7) is 4.16. The normalized spacial score (nSPS) is 12.0. The van der Waals surface area contributed by atoms with E-state index in [9.17, 15) is 4.79 Å². The quantitative estimate of drug-likeness (QED) is 0.849. The molecule has 0 spiro atoms. The van der Waals surface area contributed by atoms with E-state index in [-0.39, 0.29) is 11.9 Å². The van der Waals surface area contributed by atoms with Crippen LogP contribution in [0.15, 0.2) is 24.3 Å². The van der Waals surface area contributed by atoms with Crippen LogP contribution in [-0.2, 0) is 0 Å². The molecule has 3 nitrogen and oxygen atoms in total. The molecular formula is C14H22N2O. The van der Waals surface area contributed by atoms with Crippen LogP contribution in [0.1, 0.15) is 37.0 Å². The third kappa shape index (κ3) is 4.10. The topological polar surface area (TPSA) is 32.3 Å². The number of hydrogen-bond acceptors (Lipinski definition) is 2. The Morgan fingerprint density at radius 1 is 1.41 bits per heavy atom. The average Bonchev–Trinajstić information content (AvgIpc) is 2.29. The van der Waals surface area contributed by atoms with Crippen molar-refractivity contribution in [3.63, 3.8) is 0 Å². The number of nitrogens with zero attached hydrogens (tertiary/aromatic N) is 1. The van der Waals surface area contributed by atoms with Crippen molar-refractivity contribution >= 4 is 11.6 Å². The first-order chi connectivity index (χ1) is 8.04. The summed E-state index contributed by atoms with van der Waals surface area (Å²) in [6, 6.07) is 7.89. The fraction of sp³-hybridized carbons (Fsp3) is 0.500. The van der Waals surface area contributed by atoms with E-state index in [0.29, 0.717) is 0 Å². The highest BCUT2D eigenvalue weighted by molar-refractivity contribution is 5.95. The highest BCUT2D eigenvalue weighted by atomic mass is 16.1. The average molecular weight is 234 g/mol. The maximum Gasteiger partial charge on any atom is 0.251 e. The summed E-state index contributed by atoms with van der Waals surface area (Å²) in [6.07, 6.45) is 2.10. The predicted molar refractivity (Wildman–Crippen MR) is 72.6 cm³/mol. The number of benzene rings is 1. The molecule has 1 unspecified atom stereocenters. The van der Waals surface area contributed by atoms with E-state index in [4.69, 9.17) is 0 Å². The van der Waals surface area contributed by atoms with Gasteiger partial charge in [0.05, 0.1) is 0 Å². The summed E-state index contributed by atoms with van der Waals surface area (Å²) >= 11 is 0. The van der Waals surface area contributed by atoms with Crippen LogP contribution >= 0.6 is 0 Å². The zero-order valence-corrected chi connectivity index (χ0v) is 11.2. The maximum absolute atomic E-state index is 12.0. The largest absolute Gasteiger partial charge is 0.378 e. The van der Waals surface area contributed by atoms with Crippen molar-refractivity contribution in [3.8, 4) is 0 Å². The second-order valence-corrected chi connectivity index (χ2v) is 4.61. The second kappa shape index (κ2) is 6.28. The zero-order chi connectivity index (χ0) is 12.8. The summed E-state index contributed by atoms with van der Waals surface area (Å²) in [5, 5.41) is 3.01. The lowest BCUT2D eigenvalue weighted by atomic mass is 10.1. The van der Waals surface area contributed by atoms with E-state index in [2.05, 4.69) is 12.2 Å². The van der Waals surface area contributed by atoms with Gasteiger partial charge >= 0.3 is 0 Å². The van der Waals surface area contributed by atoms with Crippen molar-refractivity contribution in [3.05, 3.63) is 29.8 Å². The van der Waals surface area contributed by atoms with Crippen LogP contribution in [0.25, 0.3) is 0 Å². The Bertz CT molecular complexity index is 374. The molecule has 1 amide bonds. The van der Waals surface area contributed by atoms with Gasteiger partial charge in [0, 0.05) is 31.4 Å². The molecule has 1 rings (SSSR count). The van der Waals surface area contributed by atoms with Gasteiger partial charge in [0.2, 0.25) is 0 Å². The molecule has 0 aromatic heterocycles. The van der Waals surface area contributed by atoms with E-state index < -0.39 is 0 Å². The maximum atomic E-state index is 12.0. The minimum absolute atomic E-state index is 0.00894. The van der Waals surface area contributed by atoms with Gasteiger partial charge < -0.3 is 10.2 Å². The third-order valence-electron chi connectivity index (χ3n) is 2.72. The summed E-state index contributed by atoms with van der Waals surface area (Å²) in [4.78, 5) is 14.0. The Kier molecular flexibility index (Phi) is 5.01. The molecule has 1 aromatic carbocycles. The zero-order valence-electron chi connectivity index (χ0n) is 11.2. The molecule has 0 saturated heterocycles. The molecule has 0 fully saturated rings. The number of amides is 1. The van der Waals surface area contributed by atoms with E-state index in [1.807, 2.05) is 50.2 Å². The van der Waals surface area contributed by atoms with Crippen LogP contribution in [-0.4, -0.2) is 26.0 Å². The molecule has 1 N–H and O–H groups in total. The van der Waals surface area contributed by atoms with Gasteiger partial charge in [-0.2, -0.15) is 0 Å². The second-order valence-electron chi connectivity index (χ2n) is 4.61. The van der Waals surface area contributed by atoms with Crippen molar-refractivity contribution in [1.29, 1.82) is 0 Å². The van der Waals surface area contributed by atoms with Gasteiger partial charge in [0.1, 0.15) is 0 Å². The van der Waals surface area contributed by atoms with Crippen molar-refractivity contribution < 1.29 is 4.79 Å². The molecule has 17 heavy (non-hydrogen) atoms. The Morgan fingerprint density at radius 3 is 2.71 bits per heavy atom. The highest BCUT2D eigenvalue weighted by Crippen LogP contribution is 2.13. The molecule has 0 aliphatic heterocycles. The predicted octanol–water partition coefficient (Wildman–Crippen LogP) is 2.67. The monoisotopic (exact) mass is 234 g/mol. The van der Waals surface area contributed by atoms with E-state index in [1.165, 1.54) is 0 Å². The molecule has 0 bridgehead atoms. The minimum atomic E-state index is 0.00894. The van der Waals surface area contributed by atoms with Crippen molar-refractivity contribution in [1.82, 2.24) is 5.32 Å². The molecule has 1 aromatic rings. The van der Waals surface area contributed by atoms with Crippen LogP contribution in [0.4, 0.5) is 5.69 Å². The first-order valence-corrected chi connectivity index (χ1v) is 6.12. The molecule has 0 saturated carbocycles. The van der Waals surface area contributed by atoms with Crippen molar-refractivity contribution in [2.45, 2.75) is 32.7 Å². The number of anilines is 1. The number of carbonyl (C=O) groups is 1. The first-order valence-electron chi connectivity index (χ1n) is 6.12. The third-order valence-corrected chi connectivity index (χ3v) is 2.72. The van der Waals surface area contributed by atoms with Gasteiger partial charge in [-0.3, -0.25) is 4.79 Å². The molecule has 0 aliphatic rings. The summed E-state index contributed by atoms with van der Waals surface area (Å²) < 4.78 is 0. The van der Waals surface area contributed by atoms with Crippen LogP contribution in [0.5, 0.6) is 0 Å². The summed E-state index contributed by atoms with van der Waals surface area (Å²) in [5.41, 5.74) is 1.76. The van der Waals surface area contributed by atoms with E-state index in [0.717, 1.165) is 24.1 Å². The lowest BCUT2D eigenvalue weighted by molar-refractivity contribution is 0.0938. The highest BCUT2D eigenvalue weighted by Gasteiger charge is 2.09.